The second-order valence-electron chi connectivity index (χ2n) is 8.16. The zero-order valence-corrected chi connectivity index (χ0v) is 18.8. The van der Waals surface area contributed by atoms with Gasteiger partial charge in [-0.05, 0) is 48.8 Å². The zero-order chi connectivity index (χ0) is 21.3. The predicted octanol–water partition coefficient (Wildman–Crippen LogP) is 7.04. The van der Waals surface area contributed by atoms with Crippen molar-refractivity contribution in [1.29, 1.82) is 0 Å². The van der Waals surface area contributed by atoms with E-state index < -0.39 is 0 Å². The smallest absolute Gasteiger partial charge is 0.134 e. The van der Waals surface area contributed by atoms with Gasteiger partial charge >= 0.3 is 0 Å². The Kier molecular flexibility index (Phi) is 8.44. The van der Waals surface area contributed by atoms with E-state index in [1.165, 1.54) is 67.3 Å². The summed E-state index contributed by atoms with van der Waals surface area (Å²) in [6.45, 7) is 10.7. The van der Waals surface area contributed by atoms with Gasteiger partial charge < -0.3 is 4.57 Å². The van der Waals surface area contributed by atoms with Gasteiger partial charge in [-0.2, -0.15) is 0 Å². The van der Waals surface area contributed by atoms with Gasteiger partial charge in [0.05, 0.1) is 0 Å². The van der Waals surface area contributed by atoms with E-state index in [0.29, 0.717) is 5.56 Å². The Morgan fingerprint density at radius 2 is 1.73 bits per heavy atom. The first-order chi connectivity index (χ1) is 14.7. The number of pyridine rings is 1. The van der Waals surface area contributed by atoms with E-state index in [-0.39, 0.29) is 5.82 Å². The third kappa shape index (κ3) is 5.48. The van der Waals surface area contributed by atoms with Crippen molar-refractivity contribution >= 4 is 10.9 Å². The lowest BCUT2D eigenvalue weighted by Gasteiger charge is -2.17. The molecule has 0 fully saturated rings. The highest BCUT2D eigenvalue weighted by Crippen LogP contribution is 2.30. The van der Waals surface area contributed by atoms with Crippen molar-refractivity contribution in [2.75, 3.05) is 13.1 Å². The number of aryl methyl sites for hydroxylation is 1. The number of aromatic nitrogens is 2. The minimum absolute atomic E-state index is 0.221. The molecular formula is C26H36FN3. The Labute approximate surface area is 180 Å². The average molecular weight is 410 g/mol. The van der Waals surface area contributed by atoms with Crippen molar-refractivity contribution in [3.05, 3.63) is 54.2 Å². The molecular weight excluding hydrogens is 373 g/mol. The standard InChI is InChI=1S/C26H36FN3/c1-4-7-8-9-10-11-16-30-20-22(19-29(5-2)6-3)23-17-21(12-13-26(23)30)24-18-28-15-14-25(24)27/h12-15,17-18,20H,4-11,16,19H2,1-3H3. The third-order valence-corrected chi connectivity index (χ3v) is 6.08. The summed E-state index contributed by atoms with van der Waals surface area (Å²) < 4.78 is 16.7. The first kappa shape index (κ1) is 22.5. The highest BCUT2D eigenvalue weighted by molar-refractivity contribution is 5.88. The van der Waals surface area contributed by atoms with Crippen LogP contribution < -0.4 is 0 Å². The number of unbranched alkanes of at least 4 members (excludes halogenated alkanes) is 5. The molecule has 162 valence electrons. The van der Waals surface area contributed by atoms with Gasteiger partial charge in [-0.15, -0.1) is 0 Å². The van der Waals surface area contributed by atoms with Gasteiger partial charge in [0.25, 0.3) is 0 Å². The summed E-state index contributed by atoms with van der Waals surface area (Å²) in [7, 11) is 0. The molecule has 2 heterocycles. The minimum Gasteiger partial charge on any atom is -0.347 e. The Bertz CT molecular complexity index is 927. The summed E-state index contributed by atoms with van der Waals surface area (Å²) in [6.07, 6.45) is 13.2. The third-order valence-electron chi connectivity index (χ3n) is 6.08. The highest BCUT2D eigenvalue weighted by Gasteiger charge is 2.14. The molecule has 0 aliphatic carbocycles. The Hall–Kier alpha value is -2.20. The van der Waals surface area contributed by atoms with E-state index in [9.17, 15) is 4.39 Å². The molecule has 1 aromatic carbocycles. The predicted molar refractivity (Wildman–Crippen MR) is 125 cm³/mol. The number of benzene rings is 1. The molecule has 2 aromatic heterocycles. The van der Waals surface area contributed by atoms with Gasteiger partial charge in [0.15, 0.2) is 0 Å². The SMILES string of the molecule is CCCCCCCCn1cc(CN(CC)CC)c2cc(-c3cnccc3F)ccc21. The Balaban J connectivity index is 1.88. The molecule has 30 heavy (non-hydrogen) atoms. The number of rotatable bonds is 12. The van der Waals surface area contributed by atoms with E-state index in [1.807, 2.05) is 6.07 Å². The maximum Gasteiger partial charge on any atom is 0.134 e. The fourth-order valence-electron chi connectivity index (χ4n) is 4.19. The lowest BCUT2D eigenvalue weighted by Crippen LogP contribution is -2.21. The summed E-state index contributed by atoms with van der Waals surface area (Å²) in [5.74, 6) is -0.221. The van der Waals surface area contributed by atoms with E-state index >= 15 is 0 Å². The zero-order valence-electron chi connectivity index (χ0n) is 18.8. The molecule has 0 aliphatic heterocycles. The van der Waals surface area contributed by atoms with Crippen LogP contribution in [-0.2, 0) is 13.1 Å². The second-order valence-corrected chi connectivity index (χ2v) is 8.16. The van der Waals surface area contributed by atoms with Crippen LogP contribution in [0, 0.1) is 5.82 Å². The van der Waals surface area contributed by atoms with Crippen LogP contribution in [0.1, 0.15) is 64.9 Å². The quantitative estimate of drug-likeness (QED) is 0.299. The minimum atomic E-state index is -0.221. The van der Waals surface area contributed by atoms with Crippen LogP contribution in [0.3, 0.4) is 0 Å². The average Bonchev–Trinajstić information content (AvgIpc) is 3.11. The molecule has 0 unspecified atom stereocenters. The molecule has 0 aliphatic rings. The molecule has 4 heteroatoms. The lowest BCUT2D eigenvalue weighted by molar-refractivity contribution is 0.296. The molecule has 0 radical (unpaired) electrons. The molecule has 0 atom stereocenters. The monoisotopic (exact) mass is 409 g/mol. The van der Waals surface area contributed by atoms with Gasteiger partial charge in [0.2, 0.25) is 0 Å². The van der Waals surface area contributed by atoms with E-state index in [2.05, 4.69) is 53.6 Å². The molecule has 0 saturated carbocycles. The topological polar surface area (TPSA) is 21.1 Å². The van der Waals surface area contributed by atoms with Gasteiger partial charge in [-0.1, -0.05) is 58.9 Å². The van der Waals surface area contributed by atoms with E-state index in [1.54, 1.807) is 6.20 Å². The molecule has 0 N–H and O–H groups in total. The first-order valence-electron chi connectivity index (χ1n) is 11.6. The van der Waals surface area contributed by atoms with Crippen molar-refractivity contribution in [1.82, 2.24) is 14.5 Å². The van der Waals surface area contributed by atoms with Crippen LogP contribution in [0.25, 0.3) is 22.0 Å². The molecule has 3 rings (SSSR count). The molecule has 3 aromatic rings. The summed E-state index contributed by atoms with van der Waals surface area (Å²) in [5.41, 5.74) is 4.03. The summed E-state index contributed by atoms with van der Waals surface area (Å²) in [6, 6.07) is 7.76. The maximum atomic E-state index is 14.3. The first-order valence-corrected chi connectivity index (χ1v) is 11.6. The Morgan fingerprint density at radius 1 is 0.967 bits per heavy atom. The number of hydrogen-bond acceptors (Lipinski definition) is 2. The molecule has 0 amide bonds. The van der Waals surface area contributed by atoms with Crippen LogP contribution in [0.5, 0.6) is 0 Å². The number of fused-ring (bicyclic) bond motifs is 1. The molecule has 0 spiro atoms. The van der Waals surface area contributed by atoms with Crippen molar-refractivity contribution in [2.24, 2.45) is 0 Å². The van der Waals surface area contributed by atoms with Crippen LogP contribution in [0.4, 0.5) is 4.39 Å². The summed E-state index contributed by atoms with van der Waals surface area (Å²) >= 11 is 0. The van der Waals surface area contributed by atoms with Crippen molar-refractivity contribution in [3.63, 3.8) is 0 Å². The van der Waals surface area contributed by atoms with Crippen LogP contribution in [0.2, 0.25) is 0 Å². The van der Waals surface area contributed by atoms with Crippen molar-refractivity contribution < 1.29 is 4.39 Å². The van der Waals surface area contributed by atoms with Crippen molar-refractivity contribution in [3.8, 4) is 11.1 Å². The highest BCUT2D eigenvalue weighted by atomic mass is 19.1. The summed E-state index contributed by atoms with van der Waals surface area (Å²) in [5, 5.41) is 1.23. The van der Waals surface area contributed by atoms with Crippen LogP contribution in [-0.4, -0.2) is 27.5 Å². The maximum absolute atomic E-state index is 14.3. The van der Waals surface area contributed by atoms with Gasteiger partial charge in [-0.25, -0.2) is 4.39 Å². The number of halogens is 1. The van der Waals surface area contributed by atoms with E-state index in [0.717, 1.165) is 31.7 Å². The fourth-order valence-corrected chi connectivity index (χ4v) is 4.19. The van der Waals surface area contributed by atoms with Crippen LogP contribution in [0.15, 0.2) is 42.9 Å². The normalized spacial score (nSPS) is 11.6. The largest absolute Gasteiger partial charge is 0.347 e. The molecule has 0 saturated heterocycles. The number of nitrogens with zero attached hydrogens (tertiary/aromatic N) is 3. The van der Waals surface area contributed by atoms with E-state index in [4.69, 9.17) is 0 Å². The van der Waals surface area contributed by atoms with Crippen LogP contribution >= 0.6 is 0 Å². The Morgan fingerprint density at radius 3 is 2.47 bits per heavy atom. The fraction of sp³-hybridized carbons (Fsp3) is 0.500. The lowest BCUT2D eigenvalue weighted by atomic mass is 10.0. The van der Waals surface area contributed by atoms with Crippen molar-refractivity contribution in [2.45, 2.75) is 72.4 Å². The van der Waals surface area contributed by atoms with Gasteiger partial charge in [0.1, 0.15) is 5.82 Å². The molecule has 3 nitrogen and oxygen atoms in total. The van der Waals surface area contributed by atoms with Gasteiger partial charge in [0, 0.05) is 48.1 Å². The number of hydrogen-bond donors (Lipinski definition) is 0. The van der Waals surface area contributed by atoms with Gasteiger partial charge in [-0.3, -0.25) is 9.88 Å². The summed E-state index contributed by atoms with van der Waals surface area (Å²) in [4.78, 5) is 6.55. The molecule has 0 bridgehead atoms. The second kappa shape index (κ2) is 11.3.